The monoisotopic (exact) mass is 337 g/mol. The summed E-state index contributed by atoms with van der Waals surface area (Å²) in [5, 5.41) is 14.2. The Bertz CT molecular complexity index is 947. The van der Waals surface area contributed by atoms with E-state index in [1.807, 2.05) is 12.1 Å². The molecule has 0 amide bonds. The Morgan fingerprint density at radius 2 is 2.08 bits per heavy atom. The number of methoxy groups -OCH3 is 1. The van der Waals surface area contributed by atoms with Crippen molar-refractivity contribution < 1.29 is 4.74 Å². The van der Waals surface area contributed by atoms with Gasteiger partial charge in [0.2, 0.25) is 0 Å². The van der Waals surface area contributed by atoms with Crippen LogP contribution in [-0.2, 0) is 6.42 Å². The SMILES string of the molecule is CCc1ccc2ncc(C#N)c(Nc3ccc(OC)c(Cl)c3)c2c1. The number of fused-ring (bicyclic) bond motifs is 1. The third-order valence-electron chi connectivity index (χ3n) is 3.88. The van der Waals surface area contributed by atoms with E-state index in [-0.39, 0.29) is 0 Å². The number of benzene rings is 2. The van der Waals surface area contributed by atoms with Gasteiger partial charge in [0.25, 0.3) is 0 Å². The van der Waals surface area contributed by atoms with Crippen LogP contribution in [0.3, 0.4) is 0 Å². The second-order valence-electron chi connectivity index (χ2n) is 5.34. The van der Waals surface area contributed by atoms with Crippen LogP contribution in [0.5, 0.6) is 5.75 Å². The number of ether oxygens (including phenoxy) is 1. The molecule has 0 radical (unpaired) electrons. The summed E-state index contributed by atoms with van der Waals surface area (Å²) in [5.41, 5.74) is 4.04. The molecule has 0 saturated heterocycles. The highest BCUT2D eigenvalue weighted by atomic mass is 35.5. The fourth-order valence-corrected chi connectivity index (χ4v) is 2.83. The van der Waals surface area contributed by atoms with Crippen LogP contribution in [0.15, 0.2) is 42.6 Å². The number of nitrogens with zero attached hydrogens (tertiary/aromatic N) is 2. The number of hydrogen-bond acceptors (Lipinski definition) is 4. The molecule has 4 nitrogen and oxygen atoms in total. The molecule has 1 aromatic heterocycles. The van der Waals surface area contributed by atoms with Crippen LogP contribution < -0.4 is 10.1 Å². The van der Waals surface area contributed by atoms with Gasteiger partial charge in [-0.3, -0.25) is 4.98 Å². The minimum Gasteiger partial charge on any atom is -0.495 e. The van der Waals surface area contributed by atoms with E-state index in [0.29, 0.717) is 16.3 Å². The van der Waals surface area contributed by atoms with Crippen LogP contribution in [0.4, 0.5) is 11.4 Å². The highest BCUT2D eigenvalue weighted by molar-refractivity contribution is 6.32. The number of aryl methyl sites for hydroxylation is 1. The van der Waals surface area contributed by atoms with Gasteiger partial charge in [-0.2, -0.15) is 5.26 Å². The molecule has 1 N–H and O–H groups in total. The lowest BCUT2D eigenvalue weighted by molar-refractivity contribution is 0.415. The minimum atomic E-state index is 0.489. The predicted molar refractivity (Wildman–Crippen MR) is 97.1 cm³/mol. The maximum absolute atomic E-state index is 9.44. The molecule has 3 rings (SSSR count). The van der Waals surface area contributed by atoms with Gasteiger partial charge in [-0.05, 0) is 42.3 Å². The number of rotatable bonds is 4. The van der Waals surface area contributed by atoms with Gasteiger partial charge in [0.1, 0.15) is 11.8 Å². The fraction of sp³-hybridized carbons (Fsp3) is 0.158. The van der Waals surface area contributed by atoms with Gasteiger partial charge in [-0.25, -0.2) is 0 Å². The summed E-state index contributed by atoms with van der Waals surface area (Å²) >= 11 is 6.19. The zero-order chi connectivity index (χ0) is 17.1. The van der Waals surface area contributed by atoms with E-state index in [9.17, 15) is 5.26 Å². The van der Waals surface area contributed by atoms with Crippen LogP contribution in [0, 0.1) is 11.3 Å². The summed E-state index contributed by atoms with van der Waals surface area (Å²) in [6, 6.07) is 13.7. The van der Waals surface area contributed by atoms with Crippen molar-refractivity contribution in [3.63, 3.8) is 0 Å². The molecule has 0 saturated carbocycles. The number of nitriles is 1. The minimum absolute atomic E-state index is 0.489. The molecular weight excluding hydrogens is 322 g/mol. The Morgan fingerprint density at radius 1 is 1.25 bits per heavy atom. The van der Waals surface area contributed by atoms with Crippen molar-refractivity contribution in [3.05, 3.63) is 58.7 Å². The Hall–Kier alpha value is -2.77. The van der Waals surface area contributed by atoms with E-state index in [2.05, 4.69) is 35.4 Å². The number of nitrogens with one attached hydrogen (secondary N) is 1. The number of aromatic nitrogens is 1. The first-order valence-electron chi connectivity index (χ1n) is 7.58. The summed E-state index contributed by atoms with van der Waals surface area (Å²) in [6.45, 7) is 2.10. The highest BCUT2D eigenvalue weighted by Crippen LogP contribution is 2.33. The molecule has 0 bridgehead atoms. The summed E-state index contributed by atoms with van der Waals surface area (Å²) in [7, 11) is 1.57. The standard InChI is InChI=1S/C19H16ClN3O/c1-3-12-4-6-17-15(8-12)19(13(10-21)11-22-17)23-14-5-7-18(24-2)16(20)9-14/h4-9,11H,3H2,1-2H3,(H,22,23). The number of halogens is 1. The fourth-order valence-electron chi connectivity index (χ4n) is 2.57. The molecule has 5 heteroatoms. The average Bonchev–Trinajstić information content (AvgIpc) is 2.61. The van der Waals surface area contributed by atoms with Gasteiger partial charge >= 0.3 is 0 Å². The van der Waals surface area contributed by atoms with Crippen LogP contribution in [0.25, 0.3) is 10.9 Å². The van der Waals surface area contributed by atoms with Crippen molar-refractivity contribution in [2.75, 3.05) is 12.4 Å². The largest absolute Gasteiger partial charge is 0.495 e. The maximum atomic E-state index is 9.44. The summed E-state index contributed by atoms with van der Waals surface area (Å²) in [5.74, 6) is 0.607. The number of pyridine rings is 1. The number of hydrogen-bond donors (Lipinski definition) is 1. The molecule has 24 heavy (non-hydrogen) atoms. The lowest BCUT2D eigenvalue weighted by Crippen LogP contribution is -1.98. The van der Waals surface area contributed by atoms with E-state index in [1.54, 1.807) is 25.4 Å². The third kappa shape index (κ3) is 2.99. The Morgan fingerprint density at radius 3 is 2.75 bits per heavy atom. The molecule has 0 aliphatic heterocycles. The molecule has 0 fully saturated rings. The van der Waals surface area contributed by atoms with Gasteiger partial charge in [0, 0.05) is 17.3 Å². The smallest absolute Gasteiger partial charge is 0.137 e. The molecule has 2 aromatic carbocycles. The Labute approximate surface area is 145 Å². The van der Waals surface area contributed by atoms with Crippen LogP contribution in [-0.4, -0.2) is 12.1 Å². The molecule has 0 atom stereocenters. The van der Waals surface area contributed by atoms with Crippen LogP contribution >= 0.6 is 11.6 Å². The normalized spacial score (nSPS) is 10.4. The van der Waals surface area contributed by atoms with Gasteiger partial charge < -0.3 is 10.1 Å². The molecule has 0 aliphatic carbocycles. The van der Waals surface area contributed by atoms with E-state index < -0.39 is 0 Å². The van der Waals surface area contributed by atoms with Crippen molar-refractivity contribution in [2.24, 2.45) is 0 Å². The van der Waals surface area contributed by atoms with Crippen LogP contribution in [0.1, 0.15) is 18.1 Å². The van der Waals surface area contributed by atoms with E-state index in [0.717, 1.165) is 28.7 Å². The van der Waals surface area contributed by atoms with Crippen molar-refractivity contribution in [3.8, 4) is 11.8 Å². The summed E-state index contributed by atoms with van der Waals surface area (Å²) in [6.07, 6.45) is 2.50. The van der Waals surface area contributed by atoms with E-state index in [4.69, 9.17) is 16.3 Å². The van der Waals surface area contributed by atoms with Gasteiger partial charge in [0.15, 0.2) is 0 Å². The first kappa shape index (κ1) is 16.1. The van der Waals surface area contributed by atoms with Crippen molar-refractivity contribution in [2.45, 2.75) is 13.3 Å². The van der Waals surface area contributed by atoms with Crippen molar-refractivity contribution in [1.29, 1.82) is 5.26 Å². The molecule has 3 aromatic rings. The zero-order valence-corrected chi connectivity index (χ0v) is 14.2. The zero-order valence-electron chi connectivity index (χ0n) is 13.4. The summed E-state index contributed by atoms with van der Waals surface area (Å²) < 4.78 is 5.17. The first-order chi connectivity index (χ1) is 11.7. The van der Waals surface area contributed by atoms with Crippen LogP contribution in [0.2, 0.25) is 5.02 Å². The molecule has 0 aliphatic rings. The van der Waals surface area contributed by atoms with E-state index >= 15 is 0 Å². The molecule has 1 heterocycles. The first-order valence-corrected chi connectivity index (χ1v) is 7.96. The van der Waals surface area contributed by atoms with Gasteiger partial charge in [-0.15, -0.1) is 0 Å². The molecule has 120 valence electrons. The average molecular weight is 338 g/mol. The lowest BCUT2D eigenvalue weighted by Gasteiger charge is -2.13. The quantitative estimate of drug-likeness (QED) is 0.721. The molecule has 0 unspecified atom stereocenters. The molecule has 0 spiro atoms. The highest BCUT2D eigenvalue weighted by Gasteiger charge is 2.11. The Kier molecular flexibility index (Phi) is 4.54. The van der Waals surface area contributed by atoms with Crippen molar-refractivity contribution in [1.82, 2.24) is 4.98 Å². The lowest BCUT2D eigenvalue weighted by atomic mass is 10.1. The van der Waals surface area contributed by atoms with Crippen molar-refractivity contribution >= 4 is 33.9 Å². The van der Waals surface area contributed by atoms with Gasteiger partial charge in [-0.1, -0.05) is 24.6 Å². The number of anilines is 2. The topological polar surface area (TPSA) is 57.9 Å². The third-order valence-corrected chi connectivity index (χ3v) is 4.18. The Balaban J connectivity index is 2.13. The summed E-state index contributed by atoms with van der Waals surface area (Å²) in [4.78, 5) is 4.37. The second-order valence-corrected chi connectivity index (χ2v) is 5.75. The maximum Gasteiger partial charge on any atom is 0.137 e. The second kappa shape index (κ2) is 6.77. The predicted octanol–water partition coefficient (Wildman–Crippen LogP) is 5.07. The van der Waals surface area contributed by atoms with E-state index in [1.165, 1.54) is 5.56 Å². The molecular formula is C19H16ClN3O. The van der Waals surface area contributed by atoms with Gasteiger partial charge in [0.05, 0.1) is 28.9 Å².